The molecule has 1 aliphatic rings. The first-order chi connectivity index (χ1) is 10.1. The molecule has 0 amide bonds. The lowest BCUT2D eigenvalue weighted by Crippen LogP contribution is -1.93. The fourth-order valence-electron chi connectivity index (χ4n) is 2.42. The molecule has 3 rings (SSSR count). The average Bonchev–Trinajstić information content (AvgIpc) is 3.28. The van der Waals surface area contributed by atoms with Crippen molar-refractivity contribution in [2.24, 2.45) is 0 Å². The Morgan fingerprint density at radius 2 is 1.90 bits per heavy atom. The minimum absolute atomic E-state index is 0.132. The zero-order valence-corrected chi connectivity index (χ0v) is 13.6. The normalized spacial score (nSPS) is 13.8. The Morgan fingerprint density at radius 1 is 1.24 bits per heavy atom. The Kier molecular flexibility index (Phi) is 5.04. The van der Waals surface area contributed by atoms with Gasteiger partial charge in [0.2, 0.25) is 0 Å². The number of halogens is 2. The van der Waals surface area contributed by atoms with Crippen molar-refractivity contribution in [2.45, 2.75) is 46.5 Å². The average molecular weight is 310 g/mol. The molecule has 0 saturated heterocycles. The molecular formula is C16H20F2N2S. The Labute approximate surface area is 129 Å². The largest absolute Gasteiger partial charge is 0.207 e. The zero-order valence-electron chi connectivity index (χ0n) is 12.8. The summed E-state index contributed by atoms with van der Waals surface area (Å²) in [6.45, 7) is 7.68. The van der Waals surface area contributed by atoms with Crippen LogP contribution in [-0.4, -0.2) is 9.19 Å². The standard InChI is InChI=1S/C14H14F2N2S.C2H6/c1-8-7-11(5-6-12(8)15)13-9(2)14(10-3-4-10)18(17-13)19-16;1-2/h5-7,10H,3-4H2,1-2H3;1-2H3. The van der Waals surface area contributed by atoms with Gasteiger partial charge in [-0.2, -0.15) is 9.19 Å². The first-order valence-electron chi connectivity index (χ1n) is 7.27. The van der Waals surface area contributed by atoms with Crippen LogP contribution in [0.1, 0.15) is 49.4 Å². The summed E-state index contributed by atoms with van der Waals surface area (Å²) in [6.07, 6.45) is 2.18. The molecule has 1 fully saturated rings. The maximum Gasteiger partial charge on any atom is 0.187 e. The predicted molar refractivity (Wildman–Crippen MR) is 84.5 cm³/mol. The molecule has 1 saturated carbocycles. The topological polar surface area (TPSA) is 17.8 Å². The molecule has 21 heavy (non-hydrogen) atoms. The van der Waals surface area contributed by atoms with Crippen LogP contribution < -0.4 is 0 Å². The highest BCUT2D eigenvalue weighted by molar-refractivity contribution is 7.92. The van der Waals surface area contributed by atoms with E-state index < -0.39 is 0 Å². The second kappa shape index (κ2) is 6.60. The van der Waals surface area contributed by atoms with E-state index in [1.165, 1.54) is 10.2 Å². The Morgan fingerprint density at radius 3 is 2.43 bits per heavy atom. The van der Waals surface area contributed by atoms with Crippen LogP contribution in [0.4, 0.5) is 8.28 Å². The van der Waals surface area contributed by atoms with Crippen LogP contribution >= 0.6 is 12.3 Å². The van der Waals surface area contributed by atoms with Crippen molar-refractivity contribution in [2.75, 3.05) is 0 Å². The number of aryl methyl sites for hydroxylation is 1. The molecule has 0 spiro atoms. The van der Waals surface area contributed by atoms with E-state index >= 15 is 0 Å². The van der Waals surface area contributed by atoms with Crippen LogP contribution in [0.15, 0.2) is 18.2 Å². The summed E-state index contributed by atoms with van der Waals surface area (Å²) >= 11 is 0.132. The molecule has 0 radical (unpaired) electrons. The molecule has 0 atom stereocenters. The van der Waals surface area contributed by atoms with Crippen LogP contribution in [-0.2, 0) is 0 Å². The van der Waals surface area contributed by atoms with Crippen LogP contribution in [0.25, 0.3) is 11.3 Å². The minimum Gasteiger partial charge on any atom is -0.207 e. The molecule has 1 aliphatic carbocycles. The second-order valence-electron chi connectivity index (χ2n) is 5.04. The predicted octanol–water partition coefficient (Wildman–Crippen LogP) is 5.59. The molecular weight excluding hydrogens is 290 g/mol. The first kappa shape index (κ1) is 16.0. The summed E-state index contributed by atoms with van der Waals surface area (Å²) in [7, 11) is 0. The van der Waals surface area contributed by atoms with Gasteiger partial charge in [-0.25, -0.2) is 4.39 Å². The smallest absolute Gasteiger partial charge is 0.187 e. The fraction of sp³-hybridized carbons (Fsp3) is 0.438. The number of rotatable bonds is 3. The molecule has 0 bridgehead atoms. The van der Waals surface area contributed by atoms with Gasteiger partial charge in [0.1, 0.15) is 5.82 Å². The van der Waals surface area contributed by atoms with E-state index in [-0.39, 0.29) is 18.2 Å². The van der Waals surface area contributed by atoms with Crippen LogP contribution in [0.2, 0.25) is 0 Å². The molecule has 2 nitrogen and oxygen atoms in total. The Hall–Kier alpha value is -1.36. The van der Waals surface area contributed by atoms with Gasteiger partial charge in [0.05, 0.1) is 11.4 Å². The SMILES string of the molecule is CC.Cc1cc(-c2nn(SF)c(C3CC3)c2C)ccc1F. The summed E-state index contributed by atoms with van der Waals surface area (Å²) in [5.41, 5.74) is 4.12. The van der Waals surface area contributed by atoms with Gasteiger partial charge in [0, 0.05) is 11.5 Å². The molecule has 1 aromatic carbocycles. The van der Waals surface area contributed by atoms with Gasteiger partial charge in [-0.1, -0.05) is 13.8 Å². The van der Waals surface area contributed by atoms with E-state index in [0.717, 1.165) is 35.4 Å². The highest BCUT2D eigenvalue weighted by Crippen LogP contribution is 2.44. The third-order valence-electron chi connectivity index (χ3n) is 3.60. The molecule has 0 unspecified atom stereocenters. The van der Waals surface area contributed by atoms with E-state index in [2.05, 4.69) is 5.10 Å². The molecule has 1 aromatic heterocycles. The highest BCUT2D eigenvalue weighted by atomic mass is 32.2. The van der Waals surface area contributed by atoms with Crippen LogP contribution in [0.3, 0.4) is 0 Å². The Bertz CT molecular complexity index is 633. The van der Waals surface area contributed by atoms with E-state index in [0.29, 0.717) is 11.5 Å². The molecule has 1 heterocycles. The molecule has 114 valence electrons. The lowest BCUT2D eigenvalue weighted by atomic mass is 10.0. The van der Waals surface area contributed by atoms with Gasteiger partial charge >= 0.3 is 0 Å². The van der Waals surface area contributed by atoms with Crippen molar-refractivity contribution in [3.05, 3.63) is 40.8 Å². The molecule has 5 heteroatoms. The van der Waals surface area contributed by atoms with Crippen LogP contribution in [0, 0.1) is 19.7 Å². The molecule has 0 N–H and O–H groups in total. The monoisotopic (exact) mass is 310 g/mol. The van der Waals surface area contributed by atoms with Crippen LogP contribution in [0.5, 0.6) is 0 Å². The maximum atomic E-state index is 13.3. The first-order valence-corrected chi connectivity index (χ1v) is 7.94. The van der Waals surface area contributed by atoms with Crippen molar-refractivity contribution >= 4 is 12.3 Å². The summed E-state index contributed by atoms with van der Waals surface area (Å²) in [6, 6.07) is 4.89. The van der Waals surface area contributed by atoms with E-state index in [1.807, 2.05) is 20.8 Å². The van der Waals surface area contributed by atoms with Crippen molar-refractivity contribution in [3.8, 4) is 11.3 Å². The molecule has 2 aromatic rings. The van der Waals surface area contributed by atoms with Gasteiger partial charge in [-0.05, 0) is 56.0 Å². The van der Waals surface area contributed by atoms with Crippen molar-refractivity contribution in [3.63, 3.8) is 0 Å². The van der Waals surface area contributed by atoms with Crippen molar-refractivity contribution in [1.29, 1.82) is 0 Å². The summed E-state index contributed by atoms with van der Waals surface area (Å²) in [5, 5.41) is 4.31. The highest BCUT2D eigenvalue weighted by Gasteiger charge is 2.31. The van der Waals surface area contributed by atoms with Gasteiger partial charge in [-0.15, -0.1) is 3.89 Å². The summed E-state index contributed by atoms with van der Waals surface area (Å²) in [5.74, 6) is 0.189. The third kappa shape index (κ3) is 3.12. The van der Waals surface area contributed by atoms with Gasteiger partial charge < -0.3 is 0 Å². The van der Waals surface area contributed by atoms with Crippen molar-refractivity contribution < 1.29 is 8.28 Å². The molecule has 0 aliphatic heterocycles. The zero-order chi connectivity index (χ0) is 15.6. The van der Waals surface area contributed by atoms with Gasteiger partial charge in [0.25, 0.3) is 0 Å². The minimum atomic E-state index is -0.233. The van der Waals surface area contributed by atoms with Gasteiger partial charge in [-0.3, -0.25) is 0 Å². The number of benzene rings is 1. The lowest BCUT2D eigenvalue weighted by molar-refractivity contribution is 0.618. The quantitative estimate of drug-likeness (QED) is 0.735. The maximum absolute atomic E-state index is 13.3. The van der Waals surface area contributed by atoms with E-state index in [4.69, 9.17) is 0 Å². The lowest BCUT2D eigenvalue weighted by Gasteiger charge is -2.02. The van der Waals surface area contributed by atoms with E-state index in [1.54, 1.807) is 19.1 Å². The summed E-state index contributed by atoms with van der Waals surface area (Å²) < 4.78 is 27.7. The second-order valence-corrected chi connectivity index (χ2v) is 5.52. The number of aromatic nitrogens is 2. The van der Waals surface area contributed by atoms with Crippen molar-refractivity contribution in [1.82, 2.24) is 9.19 Å². The third-order valence-corrected chi connectivity index (χ3v) is 4.01. The fourth-order valence-corrected chi connectivity index (χ4v) is 2.90. The van der Waals surface area contributed by atoms with E-state index in [9.17, 15) is 8.28 Å². The summed E-state index contributed by atoms with van der Waals surface area (Å²) in [4.78, 5) is 0. The number of nitrogens with zero attached hydrogens (tertiary/aromatic N) is 2. The number of hydrogen-bond acceptors (Lipinski definition) is 2. The number of hydrogen-bond donors (Lipinski definition) is 0. The Balaban J connectivity index is 0.000000774. The van der Waals surface area contributed by atoms with Gasteiger partial charge in [0.15, 0.2) is 12.3 Å².